The number of hydrogen-bond donors (Lipinski definition) is 1. The number of hydrogen-bond acceptors (Lipinski definition) is 2. The Morgan fingerprint density at radius 1 is 0.977 bits per heavy atom. The van der Waals surface area contributed by atoms with Crippen LogP contribution in [-0.4, -0.2) is 11.3 Å². The van der Waals surface area contributed by atoms with Crippen LogP contribution in [0.15, 0.2) is 96.0 Å². The van der Waals surface area contributed by atoms with Gasteiger partial charge in [0.05, 0.1) is 6.54 Å². The minimum atomic E-state index is -0.150. The second-order valence-corrected chi connectivity index (χ2v) is 12.0. The molecule has 3 heteroatoms. The lowest BCUT2D eigenvalue weighted by Crippen LogP contribution is -2.23. The van der Waals surface area contributed by atoms with Crippen LogP contribution in [0.1, 0.15) is 108 Å². The third-order valence-electron chi connectivity index (χ3n) is 9.04. The summed E-state index contributed by atoms with van der Waals surface area (Å²) in [6.07, 6.45) is 10.1. The Bertz CT molecular complexity index is 1380. The highest BCUT2D eigenvalue weighted by molar-refractivity contribution is 6.05. The van der Waals surface area contributed by atoms with Crippen molar-refractivity contribution in [1.29, 1.82) is 0 Å². The fraction of sp³-hybridized carbons (Fsp3) is 0.425. The lowest BCUT2D eigenvalue weighted by atomic mass is 9.88. The van der Waals surface area contributed by atoms with Gasteiger partial charge in [-0.3, -0.25) is 4.99 Å². The number of benzene rings is 3. The van der Waals surface area contributed by atoms with Gasteiger partial charge in [-0.2, -0.15) is 0 Å². The number of fused-ring (bicyclic) bond motifs is 1. The highest BCUT2D eigenvalue weighted by atomic mass is 19.1. The van der Waals surface area contributed by atoms with Crippen LogP contribution < -0.4 is 5.73 Å². The Kier molecular flexibility index (Phi) is 13.1. The first-order valence-electron chi connectivity index (χ1n) is 16.3. The van der Waals surface area contributed by atoms with E-state index in [1.807, 2.05) is 6.07 Å². The number of aliphatic imine (C=N–C) groups is 1. The molecule has 2 aliphatic rings. The van der Waals surface area contributed by atoms with Crippen molar-refractivity contribution in [3.63, 3.8) is 0 Å². The number of halogens is 1. The molecule has 2 unspecified atom stereocenters. The van der Waals surface area contributed by atoms with E-state index in [0.29, 0.717) is 18.4 Å². The van der Waals surface area contributed by atoms with Crippen molar-refractivity contribution in [3.05, 3.63) is 125 Å². The largest absolute Gasteiger partial charge is 0.321 e. The number of nitrogens with two attached hydrogens (primary N) is 1. The summed E-state index contributed by atoms with van der Waals surface area (Å²) in [5.41, 5.74) is 16.1. The van der Waals surface area contributed by atoms with Crippen LogP contribution in [0.5, 0.6) is 0 Å². The first-order valence-corrected chi connectivity index (χ1v) is 16.3. The maximum Gasteiger partial charge on any atom is 0.123 e. The maximum absolute atomic E-state index is 13.1. The Hall–Kier alpha value is -3.30. The molecule has 230 valence electrons. The number of allylic oxidation sites excluding steroid dienone is 2. The average molecular weight is 581 g/mol. The Morgan fingerprint density at radius 3 is 2.21 bits per heavy atom. The van der Waals surface area contributed by atoms with E-state index in [2.05, 4.69) is 114 Å². The van der Waals surface area contributed by atoms with Gasteiger partial charge in [-0.1, -0.05) is 113 Å². The Labute approximate surface area is 261 Å². The third kappa shape index (κ3) is 9.10. The van der Waals surface area contributed by atoms with Crippen molar-refractivity contribution in [2.24, 2.45) is 22.6 Å². The van der Waals surface area contributed by atoms with Crippen LogP contribution >= 0.6 is 0 Å². The standard InChI is InChI=1S/C17H18.C15H20FN.C8H15N/c1-3-14(2)17-11-7-10-16(13-17)12-15-8-5-4-6-9-15;1-3-5-11(6-4-2)15-14-8-7-13(16)9-12(14)10-17-15;1-4-7-6(3)8(7,9)5-2/h3-11,13H,12H2,1-2H3;7-9,11H,3-6,10H2,1-2H3;7H,3-5,9H2,1-2H3/b14-3-;;. The number of rotatable bonds is 10. The average Bonchev–Trinajstić information content (AvgIpc) is 3.32. The van der Waals surface area contributed by atoms with Crippen molar-refractivity contribution < 1.29 is 4.39 Å². The molecule has 1 saturated carbocycles. The van der Waals surface area contributed by atoms with E-state index in [1.165, 1.54) is 64.8 Å². The van der Waals surface area contributed by atoms with Crippen LogP contribution in [0.4, 0.5) is 4.39 Å². The molecule has 1 fully saturated rings. The third-order valence-corrected chi connectivity index (χ3v) is 9.04. The molecule has 0 spiro atoms. The minimum absolute atomic E-state index is 0.0226. The molecule has 0 saturated heterocycles. The molecule has 1 heterocycles. The summed E-state index contributed by atoms with van der Waals surface area (Å²) < 4.78 is 13.1. The summed E-state index contributed by atoms with van der Waals surface area (Å²) in [4.78, 5) is 4.63. The van der Waals surface area contributed by atoms with Crippen molar-refractivity contribution in [1.82, 2.24) is 0 Å². The molecule has 0 bridgehead atoms. The summed E-state index contributed by atoms with van der Waals surface area (Å²) >= 11 is 0. The van der Waals surface area contributed by atoms with Gasteiger partial charge in [0.2, 0.25) is 0 Å². The predicted octanol–water partition coefficient (Wildman–Crippen LogP) is 10.7. The van der Waals surface area contributed by atoms with Gasteiger partial charge in [-0.25, -0.2) is 4.39 Å². The lowest BCUT2D eigenvalue weighted by molar-refractivity contribution is 0.559. The normalized spacial score (nSPS) is 18.7. The van der Waals surface area contributed by atoms with Crippen LogP contribution in [0.25, 0.3) is 5.57 Å². The van der Waals surface area contributed by atoms with Crippen LogP contribution in [-0.2, 0) is 13.0 Å². The second kappa shape index (κ2) is 16.5. The molecule has 0 amide bonds. The molecule has 2 N–H and O–H groups in total. The first-order chi connectivity index (χ1) is 20.7. The quantitative estimate of drug-likeness (QED) is 0.238. The SMILES string of the molecule is C/C=C(/C)c1cccc(Cc2ccccc2)c1.C=C1C(CC)C1(N)CC.CCCC(CCC)C1=NCc2cc(F)ccc21. The van der Waals surface area contributed by atoms with E-state index in [9.17, 15) is 4.39 Å². The molecule has 5 rings (SSSR count). The van der Waals surface area contributed by atoms with Gasteiger partial charge >= 0.3 is 0 Å². The predicted molar refractivity (Wildman–Crippen MR) is 185 cm³/mol. The van der Waals surface area contributed by atoms with E-state index in [4.69, 9.17) is 5.73 Å². The smallest absolute Gasteiger partial charge is 0.123 e. The van der Waals surface area contributed by atoms with Crippen LogP contribution in [0, 0.1) is 17.7 Å². The molecule has 3 aromatic carbocycles. The van der Waals surface area contributed by atoms with E-state index >= 15 is 0 Å². The summed E-state index contributed by atoms with van der Waals surface area (Å²) in [7, 11) is 0. The summed E-state index contributed by atoms with van der Waals surface area (Å²) in [5, 5.41) is 0. The zero-order valence-corrected chi connectivity index (χ0v) is 27.4. The number of nitrogens with zero attached hydrogens (tertiary/aromatic N) is 1. The molecule has 43 heavy (non-hydrogen) atoms. The fourth-order valence-electron chi connectivity index (χ4n) is 6.21. The van der Waals surface area contributed by atoms with E-state index in [1.54, 1.807) is 12.1 Å². The summed E-state index contributed by atoms with van der Waals surface area (Å²) in [6.45, 7) is 17.5. The maximum atomic E-state index is 13.1. The van der Waals surface area contributed by atoms with E-state index in [-0.39, 0.29) is 11.4 Å². The molecule has 2 atom stereocenters. The van der Waals surface area contributed by atoms with Gasteiger partial charge in [-0.05, 0) is 92.0 Å². The van der Waals surface area contributed by atoms with Crippen molar-refractivity contribution >= 4 is 11.3 Å². The molecular weight excluding hydrogens is 527 g/mol. The molecule has 1 aliphatic heterocycles. The van der Waals surface area contributed by atoms with Crippen LogP contribution in [0.3, 0.4) is 0 Å². The van der Waals surface area contributed by atoms with Gasteiger partial charge < -0.3 is 5.73 Å². The molecule has 0 aromatic heterocycles. The van der Waals surface area contributed by atoms with Gasteiger partial charge in [0.25, 0.3) is 0 Å². The van der Waals surface area contributed by atoms with E-state index < -0.39 is 0 Å². The molecular formula is C40H53FN2. The second-order valence-electron chi connectivity index (χ2n) is 12.0. The van der Waals surface area contributed by atoms with Gasteiger partial charge in [0.15, 0.2) is 0 Å². The zero-order chi connectivity index (χ0) is 31.4. The molecule has 1 aliphatic carbocycles. The van der Waals surface area contributed by atoms with Crippen molar-refractivity contribution in [2.45, 2.75) is 98.6 Å². The summed E-state index contributed by atoms with van der Waals surface area (Å²) in [6, 6.07) is 24.5. The summed E-state index contributed by atoms with van der Waals surface area (Å²) in [5.74, 6) is 1.02. The minimum Gasteiger partial charge on any atom is -0.321 e. The highest BCUT2D eigenvalue weighted by Crippen LogP contribution is 2.50. The van der Waals surface area contributed by atoms with Crippen LogP contribution in [0.2, 0.25) is 0 Å². The lowest BCUT2D eigenvalue weighted by Gasteiger charge is -2.16. The monoisotopic (exact) mass is 580 g/mol. The van der Waals surface area contributed by atoms with Gasteiger partial charge in [0, 0.05) is 28.6 Å². The Morgan fingerprint density at radius 2 is 1.65 bits per heavy atom. The molecule has 2 nitrogen and oxygen atoms in total. The van der Waals surface area contributed by atoms with E-state index in [0.717, 1.165) is 24.8 Å². The zero-order valence-electron chi connectivity index (χ0n) is 27.4. The molecule has 0 radical (unpaired) electrons. The fourth-order valence-corrected chi connectivity index (χ4v) is 6.21. The molecule has 3 aromatic rings. The topological polar surface area (TPSA) is 38.4 Å². The van der Waals surface area contributed by atoms with Crippen molar-refractivity contribution in [2.75, 3.05) is 0 Å². The highest BCUT2D eigenvalue weighted by Gasteiger charge is 2.52. The van der Waals surface area contributed by atoms with Gasteiger partial charge in [-0.15, -0.1) is 0 Å². The first kappa shape index (κ1) is 34.2. The Balaban J connectivity index is 0.000000186. The van der Waals surface area contributed by atoms with Crippen molar-refractivity contribution in [3.8, 4) is 0 Å². The van der Waals surface area contributed by atoms with Gasteiger partial charge in [0.1, 0.15) is 5.82 Å².